The van der Waals surface area contributed by atoms with Crippen LogP contribution in [-0.2, 0) is 4.74 Å². The SMILES string of the molecule is COC(=O)c1sc(SCC(C)C)c(Cl)c1O. The number of esters is 1. The van der Waals surface area contributed by atoms with Gasteiger partial charge in [0.05, 0.1) is 11.3 Å². The van der Waals surface area contributed by atoms with E-state index in [1.807, 2.05) is 0 Å². The van der Waals surface area contributed by atoms with Gasteiger partial charge in [-0.25, -0.2) is 4.79 Å². The van der Waals surface area contributed by atoms with Crippen molar-refractivity contribution in [2.75, 3.05) is 12.9 Å². The maximum absolute atomic E-state index is 11.3. The van der Waals surface area contributed by atoms with Gasteiger partial charge in [-0.3, -0.25) is 0 Å². The Balaban J connectivity index is 2.91. The van der Waals surface area contributed by atoms with Crippen LogP contribution in [0.3, 0.4) is 0 Å². The van der Waals surface area contributed by atoms with Crippen molar-refractivity contribution in [1.82, 2.24) is 0 Å². The van der Waals surface area contributed by atoms with Crippen LogP contribution in [0.5, 0.6) is 5.75 Å². The number of methoxy groups -OCH3 is 1. The van der Waals surface area contributed by atoms with Crippen LogP contribution in [-0.4, -0.2) is 23.9 Å². The second kappa shape index (κ2) is 5.80. The van der Waals surface area contributed by atoms with Crippen molar-refractivity contribution in [2.45, 2.75) is 18.1 Å². The molecule has 1 heterocycles. The first-order valence-corrected chi connectivity index (χ1v) is 6.87. The molecule has 0 aliphatic heterocycles. The first-order chi connectivity index (χ1) is 7.47. The van der Waals surface area contributed by atoms with Gasteiger partial charge in [-0.1, -0.05) is 25.4 Å². The quantitative estimate of drug-likeness (QED) is 0.676. The summed E-state index contributed by atoms with van der Waals surface area (Å²) in [4.78, 5) is 11.5. The van der Waals surface area contributed by atoms with E-state index in [-0.39, 0.29) is 15.6 Å². The Morgan fingerprint density at radius 1 is 1.62 bits per heavy atom. The number of rotatable bonds is 4. The highest BCUT2D eigenvalue weighted by molar-refractivity contribution is 8.01. The third-order valence-electron chi connectivity index (χ3n) is 1.72. The molecular weight excluding hydrogens is 268 g/mol. The molecule has 0 amide bonds. The van der Waals surface area contributed by atoms with Crippen LogP contribution in [0.4, 0.5) is 0 Å². The normalized spacial score (nSPS) is 10.8. The highest BCUT2D eigenvalue weighted by Crippen LogP contribution is 2.44. The molecule has 0 fully saturated rings. The fourth-order valence-corrected chi connectivity index (χ4v) is 3.51. The van der Waals surface area contributed by atoms with Gasteiger partial charge in [0.1, 0.15) is 5.02 Å². The molecule has 0 aromatic carbocycles. The summed E-state index contributed by atoms with van der Waals surface area (Å²) >= 11 is 8.63. The molecule has 3 nitrogen and oxygen atoms in total. The molecule has 0 bridgehead atoms. The molecule has 90 valence electrons. The van der Waals surface area contributed by atoms with E-state index in [9.17, 15) is 9.90 Å². The highest BCUT2D eigenvalue weighted by atomic mass is 35.5. The molecule has 0 unspecified atom stereocenters. The largest absolute Gasteiger partial charge is 0.505 e. The van der Waals surface area contributed by atoms with E-state index < -0.39 is 5.97 Å². The van der Waals surface area contributed by atoms with Crippen molar-refractivity contribution in [3.63, 3.8) is 0 Å². The molecule has 0 radical (unpaired) electrons. The van der Waals surface area contributed by atoms with Crippen molar-refractivity contribution < 1.29 is 14.6 Å². The third kappa shape index (κ3) is 3.06. The zero-order valence-corrected chi connectivity index (χ0v) is 11.6. The molecule has 0 spiro atoms. The molecule has 6 heteroatoms. The van der Waals surface area contributed by atoms with E-state index in [2.05, 4.69) is 18.6 Å². The zero-order chi connectivity index (χ0) is 12.3. The second-order valence-corrected chi connectivity index (χ2v) is 6.26. The predicted molar refractivity (Wildman–Crippen MR) is 67.9 cm³/mol. The smallest absolute Gasteiger partial charge is 0.351 e. The van der Waals surface area contributed by atoms with Crippen LogP contribution in [0, 0.1) is 5.92 Å². The van der Waals surface area contributed by atoms with Gasteiger partial charge >= 0.3 is 5.97 Å². The Morgan fingerprint density at radius 2 is 2.25 bits per heavy atom. The standard InChI is InChI=1S/C10H13ClO3S2/c1-5(2)4-15-10-6(11)7(12)8(16-10)9(13)14-3/h5,12H,4H2,1-3H3. The van der Waals surface area contributed by atoms with E-state index >= 15 is 0 Å². The zero-order valence-electron chi connectivity index (χ0n) is 9.24. The lowest BCUT2D eigenvalue weighted by Gasteiger charge is -2.01. The van der Waals surface area contributed by atoms with Gasteiger partial charge in [0, 0.05) is 5.75 Å². The molecule has 1 rings (SSSR count). The van der Waals surface area contributed by atoms with Gasteiger partial charge < -0.3 is 9.84 Å². The molecule has 0 saturated heterocycles. The topological polar surface area (TPSA) is 46.5 Å². The minimum absolute atomic E-state index is 0.166. The Labute approximate surface area is 108 Å². The van der Waals surface area contributed by atoms with Crippen molar-refractivity contribution in [3.05, 3.63) is 9.90 Å². The maximum Gasteiger partial charge on any atom is 0.351 e. The summed E-state index contributed by atoms with van der Waals surface area (Å²) in [5, 5.41) is 9.90. The van der Waals surface area contributed by atoms with Crippen LogP contribution >= 0.6 is 34.7 Å². The van der Waals surface area contributed by atoms with Gasteiger partial charge in [-0.15, -0.1) is 23.1 Å². The van der Waals surface area contributed by atoms with Gasteiger partial charge in [0.15, 0.2) is 10.6 Å². The van der Waals surface area contributed by atoms with Crippen molar-refractivity contribution >= 4 is 40.7 Å². The average Bonchev–Trinajstić information content (AvgIpc) is 2.52. The molecule has 1 aromatic rings. The summed E-state index contributed by atoms with van der Waals surface area (Å²) in [7, 11) is 1.27. The van der Waals surface area contributed by atoms with Gasteiger partial charge in [0.25, 0.3) is 0 Å². The fraction of sp³-hybridized carbons (Fsp3) is 0.500. The molecule has 16 heavy (non-hydrogen) atoms. The van der Waals surface area contributed by atoms with E-state index in [1.54, 1.807) is 0 Å². The average molecular weight is 281 g/mol. The molecule has 0 atom stereocenters. The number of ether oxygens (including phenoxy) is 1. The number of carbonyl (C=O) groups is 1. The van der Waals surface area contributed by atoms with E-state index in [0.29, 0.717) is 5.92 Å². The number of hydrogen-bond acceptors (Lipinski definition) is 5. The number of hydrogen-bond donors (Lipinski definition) is 1. The molecule has 1 aromatic heterocycles. The molecule has 0 saturated carbocycles. The minimum Gasteiger partial charge on any atom is -0.505 e. The number of halogens is 1. The first kappa shape index (κ1) is 13.7. The summed E-state index contributed by atoms with van der Waals surface area (Å²) in [5.74, 6) is 0.678. The molecule has 0 aliphatic rings. The van der Waals surface area contributed by atoms with Gasteiger partial charge in [0.2, 0.25) is 0 Å². The monoisotopic (exact) mass is 280 g/mol. The van der Waals surface area contributed by atoms with Crippen LogP contribution in [0.2, 0.25) is 5.02 Å². The Hall–Kier alpha value is -0.390. The lowest BCUT2D eigenvalue weighted by atomic mass is 10.3. The van der Waals surface area contributed by atoms with E-state index in [4.69, 9.17) is 11.6 Å². The van der Waals surface area contributed by atoms with Crippen molar-refractivity contribution in [2.24, 2.45) is 5.92 Å². The van der Waals surface area contributed by atoms with Gasteiger partial charge in [-0.05, 0) is 5.92 Å². The van der Waals surface area contributed by atoms with E-state index in [0.717, 1.165) is 9.96 Å². The number of thioether (sulfide) groups is 1. The molecular formula is C10H13ClO3S2. The second-order valence-electron chi connectivity index (χ2n) is 3.58. The van der Waals surface area contributed by atoms with Gasteiger partial charge in [-0.2, -0.15) is 0 Å². The lowest BCUT2D eigenvalue weighted by Crippen LogP contribution is -1.97. The minimum atomic E-state index is -0.555. The number of aromatic hydroxyl groups is 1. The summed E-state index contributed by atoms with van der Waals surface area (Å²) in [6.45, 7) is 4.19. The lowest BCUT2D eigenvalue weighted by molar-refractivity contribution is 0.0603. The predicted octanol–water partition coefficient (Wildman–Crippen LogP) is 3.64. The third-order valence-corrected chi connectivity index (χ3v) is 5.16. The Bertz CT molecular complexity index is 388. The number of carbonyl (C=O) groups excluding carboxylic acids is 1. The van der Waals surface area contributed by atoms with Crippen LogP contribution < -0.4 is 0 Å². The van der Waals surface area contributed by atoms with Crippen LogP contribution in [0.15, 0.2) is 4.21 Å². The van der Waals surface area contributed by atoms with Crippen molar-refractivity contribution in [1.29, 1.82) is 0 Å². The summed E-state index contributed by atoms with van der Waals surface area (Å²) in [6.07, 6.45) is 0. The number of thiophene rings is 1. The summed E-state index contributed by atoms with van der Waals surface area (Å²) in [6, 6.07) is 0. The molecule has 0 aliphatic carbocycles. The highest BCUT2D eigenvalue weighted by Gasteiger charge is 2.22. The van der Waals surface area contributed by atoms with Crippen LogP contribution in [0.1, 0.15) is 23.5 Å². The Morgan fingerprint density at radius 3 is 2.75 bits per heavy atom. The fourth-order valence-electron chi connectivity index (χ4n) is 0.948. The van der Waals surface area contributed by atoms with Crippen LogP contribution in [0.25, 0.3) is 0 Å². The summed E-state index contributed by atoms with van der Waals surface area (Å²) in [5.41, 5.74) is 0. The first-order valence-electron chi connectivity index (χ1n) is 4.69. The van der Waals surface area contributed by atoms with Crippen molar-refractivity contribution in [3.8, 4) is 5.75 Å². The summed E-state index contributed by atoms with van der Waals surface area (Å²) < 4.78 is 5.31. The molecule has 1 N–H and O–H groups in total. The van der Waals surface area contributed by atoms with E-state index in [1.165, 1.54) is 30.2 Å². The maximum atomic E-state index is 11.3. The Kier molecular flexibility index (Phi) is 4.95.